The molecule has 1 aliphatic carbocycles. The lowest BCUT2D eigenvalue weighted by Crippen LogP contribution is -2.37. The van der Waals surface area contributed by atoms with Gasteiger partial charge in [-0.2, -0.15) is 0 Å². The van der Waals surface area contributed by atoms with Crippen LogP contribution in [0.5, 0.6) is 0 Å². The maximum absolute atomic E-state index is 13.3. The van der Waals surface area contributed by atoms with E-state index in [1.165, 1.54) is 12.1 Å². The number of nitrogens with one attached hydrogen (secondary N) is 1. The number of benzene rings is 1. The minimum atomic E-state index is -0.959. The van der Waals surface area contributed by atoms with Crippen LogP contribution in [0.4, 0.5) is 4.39 Å². The third-order valence-corrected chi connectivity index (χ3v) is 3.11. The quantitative estimate of drug-likeness (QED) is 0.733. The van der Waals surface area contributed by atoms with Gasteiger partial charge in [0.15, 0.2) is 5.78 Å². The highest BCUT2D eigenvalue weighted by Crippen LogP contribution is 2.25. The molecule has 1 atom stereocenters. The lowest BCUT2D eigenvalue weighted by Gasteiger charge is -2.18. The van der Waals surface area contributed by atoms with Crippen LogP contribution in [0.25, 0.3) is 0 Å². The molecule has 0 saturated heterocycles. The Labute approximate surface area is 92.9 Å². The number of alkyl halides is 1. The van der Waals surface area contributed by atoms with Gasteiger partial charge in [0.05, 0.1) is 5.56 Å². The van der Waals surface area contributed by atoms with Crippen molar-refractivity contribution in [1.29, 1.82) is 5.41 Å². The van der Waals surface area contributed by atoms with Crippen molar-refractivity contribution in [2.75, 3.05) is 0 Å². The van der Waals surface area contributed by atoms with E-state index in [1.54, 1.807) is 0 Å². The molecule has 1 N–H and O–H groups in total. The SMILES string of the molecule is N=C1C(=O)c2c(F)cccc2C(=O)C1Br. The second-order valence-electron chi connectivity index (χ2n) is 3.13. The topological polar surface area (TPSA) is 58.0 Å². The normalized spacial score (nSPS) is 20.4. The molecular formula is C10H5BrFNO2. The van der Waals surface area contributed by atoms with Gasteiger partial charge < -0.3 is 0 Å². The molecular weight excluding hydrogens is 265 g/mol. The van der Waals surface area contributed by atoms with E-state index in [-0.39, 0.29) is 11.1 Å². The molecule has 0 spiro atoms. The largest absolute Gasteiger partial charge is 0.300 e. The van der Waals surface area contributed by atoms with Crippen molar-refractivity contribution >= 4 is 33.2 Å². The van der Waals surface area contributed by atoms with Gasteiger partial charge in [-0.25, -0.2) is 4.39 Å². The number of Topliss-reactive ketones (excluding diaryl/α,β-unsaturated/α-hetero) is 2. The van der Waals surface area contributed by atoms with Crippen molar-refractivity contribution in [2.45, 2.75) is 4.83 Å². The maximum Gasteiger partial charge on any atom is 0.211 e. The van der Waals surface area contributed by atoms with Crippen molar-refractivity contribution in [1.82, 2.24) is 0 Å². The second kappa shape index (κ2) is 3.34. The molecule has 76 valence electrons. The molecule has 0 saturated carbocycles. The summed E-state index contributed by atoms with van der Waals surface area (Å²) < 4.78 is 13.3. The smallest absolute Gasteiger partial charge is 0.211 e. The molecule has 3 nitrogen and oxygen atoms in total. The summed E-state index contributed by atoms with van der Waals surface area (Å²) >= 11 is 2.94. The molecule has 1 aromatic carbocycles. The van der Waals surface area contributed by atoms with Crippen LogP contribution >= 0.6 is 15.9 Å². The average Bonchev–Trinajstić information content (AvgIpc) is 2.23. The van der Waals surface area contributed by atoms with Gasteiger partial charge in [-0.1, -0.05) is 28.1 Å². The fourth-order valence-corrected chi connectivity index (χ4v) is 1.93. The van der Waals surface area contributed by atoms with E-state index in [0.29, 0.717) is 0 Å². The molecule has 5 heteroatoms. The van der Waals surface area contributed by atoms with Crippen molar-refractivity contribution in [3.8, 4) is 0 Å². The maximum atomic E-state index is 13.3. The number of rotatable bonds is 0. The standard InChI is InChI=1S/C10H5BrFNO2/c11-7-8(13)10(15)6-4(9(7)14)2-1-3-5(6)12/h1-3,7,13H. The van der Waals surface area contributed by atoms with Crippen molar-refractivity contribution < 1.29 is 14.0 Å². The Morgan fingerprint density at radius 1 is 1.33 bits per heavy atom. The summed E-state index contributed by atoms with van der Waals surface area (Å²) in [6.07, 6.45) is 0. The minimum absolute atomic E-state index is 0.0397. The van der Waals surface area contributed by atoms with Gasteiger partial charge >= 0.3 is 0 Å². The van der Waals surface area contributed by atoms with Crippen LogP contribution in [0, 0.1) is 11.2 Å². The lowest BCUT2D eigenvalue weighted by atomic mass is 9.88. The molecule has 15 heavy (non-hydrogen) atoms. The van der Waals surface area contributed by atoms with Crippen LogP contribution in [-0.2, 0) is 0 Å². The zero-order chi connectivity index (χ0) is 11.2. The van der Waals surface area contributed by atoms with E-state index >= 15 is 0 Å². The molecule has 0 amide bonds. The van der Waals surface area contributed by atoms with Gasteiger partial charge in [-0.05, 0) is 6.07 Å². The summed E-state index contributed by atoms with van der Waals surface area (Å²) in [5.41, 5.74) is -0.668. The Hall–Kier alpha value is -1.36. The third kappa shape index (κ3) is 1.34. The number of halogens is 2. The predicted octanol–water partition coefficient (Wildman–Crippen LogP) is 1.99. The molecule has 1 aliphatic rings. The van der Waals surface area contributed by atoms with E-state index in [9.17, 15) is 14.0 Å². The highest BCUT2D eigenvalue weighted by atomic mass is 79.9. The molecule has 0 fully saturated rings. The average molecular weight is 270 g/mol. The fourth-order valence-electron chi connectivity index (χ4n) is 1.48. The highest BCUT2D eigenvalue weighted by Gasteiger charge is 2.37. The summed E-state index contributed by atoms with van der Waals surface area (Å²) in [5.74, 6) is -1.94. The Balaban J connectivity index is 2.75. The lowest BCUT2D eigenvalue weighted by molar-refractivity contribution is 0.0968. The van der Waals surface area contributed by atoms with Crippen LogP contribution in [0.2, 0.25) is 0 Å². The van der Waals surface area contributed by atoms with Gasteiger partial charge in [-0.15, -0.1) is 0 Å². The fraction of sp³-hybridized carbons (Fsp3) is 0.100. The molecule has 0 bridgehead atoms. The molecule has 0 aliphatic heterocycles. The number of carbonyl (C=O) groups is 2. The van der Waals surface area contributed by atoms with Crippen molar-refractivity contribution in [3.63, 3.8) is 0 Å². The van der Waals surface area contributed by atoms with Crippen LogP contribution < -0.4 is 0 Å². The summed E-state index contributed by atoms with van der Waals surface area (Å²) in [6.45, 7) is 0. The van der Waals surface area contributed by atoms with Crippen LogP contribution in [0.15, 0.2) is 18.2 Å². The van der Waals surface area contributed by atoms with Crippen LogP contribution in [-0.4, -0.2) is 22.1 Å². The Morgan fingerprint density at radius 3 is 2.67 bits per heavy atom. The van der Waals surface area contributed by atoms with Gasteiger partial charge in [0.1, 0.15) is 16.4 Å². The first-order valence-electron chi connectivity index (χ1n) is 4.14. The van der Waals surface area contributed by atoms with E-state index in [2.05, 4.69) is 15.9 Å². The molecule has 0 heterocycles. The van der Waals surface area contributed by atoms with Crippen molar-refractivity contribution in [2.24, 2.45) is 0 Å². The number of fused-ring (bicyclic) bond motifs is 1. The zero-order valence-electron chi connectivity index (χ0n) is 7.38. The molecule has 1 aromatic rings. The number of ketones is 2. The first kappa shape index (κ1) is 10.2. The van der Waals surface area contributed by atoms with E-state index < -0.39 is 27.9 Å². The first-order chi connectivity index (χ1) is 7.04. The molecule has 1 unspecified atom stereocenters. The van der Waals surface area contributed by atoms with Crippen molar-refractivity contribution in [3.05, 3.63) is 35.1 Å². The Morgan fingerprint density at radius 2 is 2.00 bits per heavy atom. The van der Waals surface area contributed by atoms with Crippen LogP contribution in [0.1, 0.15) is 20.7 Å². The first-order valence-corrected chi connectivity index (χ1v) is 5.05. The summed E-state index contributed by atoms with van der Waals surface area (Å²) in [4.78, 5) is 22.2. The summed E-state index contributed by atoms with van der Waals surface area (Å²) in [5, 5.41) is 7.37. The van der Waals surface area contributed by atoms with Gasteiger partial charge in [0, 0.05) is 5.56 Å². The number of hydrogen-bond acceptors (Lipinski definition) is 3. The molecule has 2 rings (SSSR count). The Kier molecular flexibility index (Phi) is 2.26. The highest BCUT2D eigenvalue weighted by molar-refractivity contribution is 9.10. The Bertz CT molecular complexity index is 498. The zero-order valence-corrected chi connectivity index (χ0v) is 8.97. The summed E-state index contributed by atoms with van der Waals surface area (Å²) in [6, 6.07) is 3.86. The summed E-state index contributed by atoms with van der Waals surface area (Å²) in [7, 11) is 0. The van der Waals surface area contributed by atoms with E-state index in [4.69, 9.17) is 5.41 Å². The predicted molar refractivity (Wildman–Crippen MR) is 55.5 cm³/mol. The number of hydrogen-bond donors (Lipinski definition) is 1. The van der Waals surface area contributed by atoms with E-state index in [0.717, 1.165) is 6.07 Å². The van der Waals surface area contributed by atoms with Gasteiger partial charge in [-0.3, -0.25) is 15.0 Å². The second-order valence-corrected chi connectivity index (χ2v) is 4.05. The van der Waals surface area contributed by atoms with Gasteiger partial charge in [0.25, 0.3) is 0 Å². The van der Waals surface area contributed by atoms with Gasteiger partial charge in [0.2, 0.25) is 5.78 Å². The molecule has 0 aromatic heterocycles. The number of carbonyl (C=O) groups excluding carboxylic acids is 2. The van der Waals surface area contributed by atoms with Crippen LogP contribution in [0.3, 0.4) is 0 Å². The van der Waals surface area contributed by atoms with E-state index in [1.807, 2.05) is 0 Å². The molecule has 0 radical (unpaired) electrons. The monoisotopic (exact) mass is 269 g/mol. The third-order valence-electron chi connectivity index (χ3n) is 2.23. The minimum Gasteiger partial charge on any atom is -0.300 e.